The lowest BCUT2D eigenvalue weighted by molar-refractivity contribution is -0.385. The van der Waals surface area contributed by atoms with Crippen LogP contribution in [0.4, 0.5) is 10.1 Å². The standard InChI is InChI=1S/C9H5BrFNO4/c10-7-4-6(11)3-5(1-2-8(13)14)9(7)12(15)16/h1-4H,(H,13,14)/b2-1+. The van der Waals surface area contributed by atoms with Crippen molar-refractivity contribution in [1.82, 2.24) is 0 Å². The molecule has 1 aromatic rings. The molecule has 0 aliphatic carbocycles. The highest BCUT2D eigenvalue weighted by Gasteiger charge is 2.18. The van der Waals surface area contributed by atoms with Gasteiger partial charge in [0.15, 0.2) is 0 Å². The van der Waals surface area contributed by atoms with E-state index < -0.39 is 16.7 Å². The van der Waals surface area contributed by atoms with E-state index in [4.69, 9.17) is 5.11 Å². The molecule has 0 saturated heterocycles. The SMILES string of the molecule is O=C(O)/C=C/c1cc(F)cc(Br)c1[N+](=O)[O-]. The van der Waals surface area contributed by atoms with E-state index in [0.717, 1.165) is 18.2 Å². The quantitative estimate of drug-likeness (QED) is 0.527. The topological polar surface area (TPSA) is 80.4 Å². The van der Waals surface area contributed by atoms with Crippen LogP contribution in [-0.4, -0.2) is 16.0 Å². The molecule has 7 heteroatoms. The van der Waals surface area contributed by atoms with Gasteiger partial charge in [0.2, 0.25) is 0 Å². The van der Waals surface area contributed by atoms with Gasteiger partial charge in [0.1, 0.15) is 5.82 Å². The number of benzene rings is 1. The first-order valence-corrected chi connectivity index (χ1v) is 4.75. The predicted molar refractivity (Wildman–Crippen MR) is 57.4 cm³/mol. The first kappa shape index (κ1) is 12.3. The Morgan fingerprint density at radius 3 is 2.69 bits per heavy atom. The molecule has 1 N–H and O–H groups in total. The van der Waals surface area contributed by atoms with E-state index in [-0.39, 0.29) is 15.7 Å². The zero-order valence-electron chi connectivity index (χ0n) is 7.68. The first-order valence-electron chi connectivity index (χ1n) is 3.96. The summed E-state index contributed by atoms with van der Waals surface area (Å²) in [5.41, 5.74) is -0.488. The van der Waals surface area contributed by atoms with Gasteiger partial charge >= 0.3 is 5.97 Å². The Labute approximate surface area is 97.5 Å². The highest BCUT2D eigenvalue weighted by molar-refractivity contribution is 9.10. The van der Waals surface area contributed by atoms with Gasteiger partial charge in [-0.3, -0.25) is 10.1 Å². The predicted octanol–water partition coefficient (Wildman–Crippen LogP) is 2.59. The van der Waals surface area contributed by atoms with E-state index >= 15 is 0 Å². The minimum atomic E-state index is -1.27. The summed E-state index contributed by atoms with van der Waals surface area (Å²) in [6.45, 7) is 0. The molecule has 0 atom stereocenters. The normalized spacial score (nSPS) is 10.6. The zero-order chi connectivity index (χ0) is 12.3. The number of carboxylic acids is 1. The molecule has 0 fully saturated rings. The van der Waals surface area contributed by atoms with Crippen LogP contribution in [-0.2, 0) is 4.79 Å². The molecule has 0 bridgehead atoms. The van der Waals surface area contributed by atoms with Gasteiger partial charge in [-0.25, -0.2) is 9.18 Å². The molecule has 84 valence electrons. The van der Waals surface area contributed by atoms with Crippen LogP contribution in [0.2, 0.25) is 0 Å². The molecule has 5 nitrogen and oxygen atoms in total. The largest absolute Gasteiger partial charge is 0.478 e. The van der Waals surface area contributed by atoms with Gasteiger partial charge in [0.25, 0.3) is 5.69 Å². The van der Waals surface area contributed by atoms with Crippen molar-refractivity contribution in [2.24, 2.45) is 0 Å². The fourth-order valence-corrected chi connectivity index (χ4v) is 1.66. The number of nitro groups is 1. The molecule has 0 aliphatic rings. The van der Waals surface area contributed by atoms with Crippen molar-refractivity contribution in [3.8, 4) is 0 Å². The highest BCUT2D eigenvalue weighted by Crippen LogP contribution is 2.30. The number of hydrogen-bond donors (Lipinski definition) is 1. The maximum Gasteiger partial charge on any atom is 0.328 e. The van der Waals surface area contributed by atoms with Crippen LogP contribution in [0.15, 0.2) is 22.7 Å². The number of rotatable bonds is 3. The van der Waals surface area contributed by atoms with Crippen LogP contribution in [0, 0.1) is 15.9 Å². The van der Waals surface area contributed by atoms with Gasteiger partial charge in [0, 0.05) is 6.08 Å². The molecule has 0 spiro atoms. The number of aliphatic carboxylic acids is 1. The van der Waals surface area contributed by atoms with E-state index in [1.807, 2.05) is 0 Å². The lowest BCUT2D eigenvalue weighted by atomic mass is 10.1. The molecule has 0 heterocycles. The van der Waals surface area contributed by atoms with E-state index in [1.165, 1.54) is 0 Å². The Morgan fingerprint density at radius 2 is 2.19 bits per heavy atom. The van der Waals surface area contributed by atoms with Crippen LogP contribution >= 0.6 is 15.9 Å². The number of carboxylic acid groups (broad SMARTS) is 1. The zero-order valence-corrected chi connectivity index (χ0v) is 9.27. The summed E-state index contributed by atoms with van der Waals surface area (Å²) >= 11 is 2.84. The number of carbonyl (C=O) groups is 1. The van der Waals surface area contributed by atoms with Gasteiger partial charge in [-0.1, -0.05) is 0 Å². The minimum Gasteiger partial charge on any atom is -0.478 e. The van der Waals surface area contributed by atoms with Crippen molar-refractivity contribution in [3.05, 3.63) is 44.2 Å². The van der Waals surface area contributed by atoms with Crippen LogP contribution in [0.1, 0.15) is 5.56 Å². The summed E-state index contributed by atoms with van der Waals surface area (Å²) in [4.78, 5) is 20.2. The van der Waals surface area contributed by atoms with Gasteiger partial charge in [-0.2, -0.15) is 0 Å². The maximum absolute atomic E-state index is 13.0. The van der Waals surface area contributed by atoms with Crippen LogP contribution < -0.4 is 0 Å². The third-order valence-corrected chi connectivity index (χ3v) is 2.25. The highest BCUT2D eigenvalue weighted by atomic mass is 79.9. The van der Waals surface area contributed by atoms with E-state index in [1.54, 1.807) is 0 Å². The summed E-state index contributed by atoms with van der Waals surface area (Å²) < 4.78 is 12.9. The molecule has 0 aromatic heterocycles. The van der Waals surface area contributed by atoms with E-state index in [2.05, 4.69) is 15.9 Å². The molecular formula is C9H5BrFNO4. The molecule has 16 heavy (non-hydrogen) atoms. The lowest BCUT2D eigenvalue weighted by Crippen LogP contribution is -1.95. The molecule has 1 aromatic carbocycles. The summed E-state index contributed by atoms with van der Waals surface area (Å²) in [5.74, 6) is -1.96. The smallest absolute Gasteiger partial charge is 0.328 e. The summed E-state index contributed by atoms with van der Waals surface area (Å²) in [6, 6.07) is 1.83. The first-order chi connectivity index (χ1) is 7.41. The molecule has 0 unspecified atom stereocenters. The van der Waals surface area contributed by atoms with Gasteiger partial charge < -0.3 is 5.11 Å². The van der Waals surface area contributed by atoms with E-state index in [0.29, 0.717) is 6.08 Å². The van der Waals surface area contributed by atoms with Crippen molar-refractivity contribution in [2.75, 3.05) is 0 Å². The third-order valence-electron chi connectivity index (χ3n) is 1.65. The molecule has 0 radical (unpaired) electrons. The lowest BCUT2D eigenvalue weighted by Gasteiger charge is -2.00. The van der Waals surface area contributed by atoms with Crippen LogP contribution in [0.25, 0.3) is 6.08 Å². The third kappa shape index (κ3) is 2.86. The average molecular weight is 290 g/mol. The van der Waals surface area contributed by atoms with Gasteiger partial charge in [-0.15, -0.1) is 0 Å². The molecular weight excluding hydrogens is 285 g/mol. The molecule has 0 saturated carbocycles. The number of hydrogen-bond acceptors (Lipinski definition) is 3. The monoisotopic (exact) mass is 289 g/mol. The summed E-state index contributed by atoms with van der Waals surface area (Å²) in [6.07, 6.45) is 1.67. The molecule has 1 rings (SSSR count). The van der Waals surface area contributed by atoms with Crippen molar-refractivity contribution in [1.29, 1.82) is 0 Å². The summed E-state index contributed by atoms with van der Waals surface area (Å²) in [7, 11) is 0. The van der Waals surface area contributed by atoms with Gasteiger partial charge in [0.05, 0.1) is 15.0 Å². The molecule has 0 amide bonds. The Balaban J connectivity index is 3.35. The second-order valence-corrected chi connectivity index (χ2v) is 3.61. The fourth-order valence-electron chi connectivity index (χ4n) is 1.07. The van der Waals surface area contributed by atoms with Crippen molar-refractivity contribution < 1.29 is 19.2 Å². The Hall–Kier alpha value is -1.76. The van der Waals surface area contributed by atoms with Crippen LogP contribution in [0.3, 0.4) is 0 Å². The second-order valence-electron chi connectivity index (χ2n) is 2.75. The van der Waals surface area contributed by atoms with E-state index in [9.17, 15) is 19.3 Å². The molecule has 0 aliphatic heterocycles. The Kier molecular flexibility index (Phi) is 3.73. The summed E-state index contributed by atoms with van der Waals surface area (Å²) in [5, 5.41) is 19.1. The van der Waals surface area contributed by atoms with Crippen LogP contribution in [0.5, 0.6) is 0 Å². The Morgan fingerprint density at radius 1 is 1.56 bits per heavy atom. The average Bonchev–Trinajstić information content (AvgIpc) is 2.12. The van der Waals surface area contributed by atoms with Crippen molar-refractivity contribution in [2.45, 2.75) is 0 Å². The second kappa shape index (κ2) is 4.84. The van der Waals surface area contributed by atoms with Crippen molar-refractivity contribution in [3.63, 3.8) is 0 Å². The van der Waals surface area contributed by atoms with Crippen molar-refractivity contribution >= 4 is 33.7 Å². The fraction of sp³-hybridized carbons (Fsp3) is 0. The Bertz CT molecular complexity index is 487. The maximum atomic E-state index is 13.0. The number of nitro benzene ring substituents is 1. The number of nitrogens with zero attached hydrogens (tertiary/aromatic N) is 1. The minimum absolute atomic E-state index is 0.0393. The van der Waals surface area contributed by atoms with Gasteiger partial charge in [-0.05, 0) is 34.1 Å². The number of halogens is 2.